The van der Waals surface area contributed by atoms with E-state index in [1.54, 1.807) is 0 Å². The molecule has 0 radical (unpaired) electrons. The van der Waals surface area contributed by atoms with Crippen LogP contribution in [0.25, 0.3) is 76.9 Å². The van der Waals surface area contributed by atoms with Gasteiger partial charge in [0.05, 0.1) is 17.8 Å². The molecule has 186 valence electrons. The molecule has 7 aromatic carbocycles. The zero-order chi connectivity index (χ0) is 37.5. The smallest absolute Gasteiger partial charge is 0.144 e. The standard InChI is InChI=1S/C39H24O/c1-2-12-24(13-3-1)35-28-16-6-8-18-30(28)37(31-19-9-7-17-29(31)35)33-23-26-22-25-14-4-5-15-27(25)36(26)39-38(33)32-20-10-11-21-34(32)40-39/h1-21,23H,22H2/i1D,2D,3D,6D,7D,8D,9D,12D,13D,16D,17D,18D,19D. The van der Waals surface area contributed by atoms with Crippen LogP contribution in [-0.4, -0.2) is 0 Å². The van der Waals surface area contributed by atoms with Gasteiger partial charge in [-0.1, -0.05) is 121 Å². The molecule has 0 unspecified atom stereocenters. The highest BCUT2D eigenvalue weighted by Gasteiger charge is 2.28. The minimum Gasteiger partial charge on any atom is -0.455 e. The molecule has 1 nitrogen and oxygen atoms in total. The molecule has 0 N–H and O–H groups in total. The van der Waals surface area contributed by atoms with Gasteiger partial charge < -0.3 is 4.42 Å². The van der Waals surface area contributed by atoms with Gasteiger partial charge in [0.2, 0.25) is 0 Å². The predicted molar refractivity (Wildman–Crippen MR) is 168 cm³/mol. The fourth-order valence-electron chi connectivity index (χ4n) is 6.23. The van der Waals surface area contributed by atoms with E-state index in [0.29, 0.717) is 33.9 Å². The van der Waals surface area contributed by atoms with E-state index >= 15 is 0 Å². The normalized spacial score (nSPS) is 16.9. The molecule has 9 rings (SSSR count). The first-order chi connectivity index (χ1) is 25.3. The van der Waals surface area contributed by atoms with E-state index in [1.807, 2.05) is 54.6 Å². The van der Waals surface area contributed by atoms with Crippen LogP contribution in [0.5, 0.6) is 0 Å². The van der Waals surface area contributed by atoms with Crippen molar-refractivity contribution in [2.75, 3.05) is 0 Å². The Hall–Kier alpha value is -5.14. The molecule has 40 heavy (non-hydrogen) atoms. The van der Waals surface area contributed by atoms with Crippen molar-refractivity contribution in [2.24, 2.45) is 0 Å². The fraction of sp³-hybridized carbons (Fsp3) is 0.0256. The minimum atomic E-state index is -0.710. The molecule has 1 heterocycles. The highest BCUT2D eigenvalue weighted by atomic mass is 16.3. The van der Waals surface area contributed by atoms with E-state index in [4.69, 9.17) is 16.8 Å². The molecule has 8 aromatic rings. The van der Waals surface area contributed by atoms with Crippen LogP contribution >= 0.6 is 0 Å². The van der Waals surface area contributed by atoms with Gasteiger partial charge >= 0.3 is 0 Å². The van der Waals surface area contributed by atoms with Crippen LogP contribution in [-0.2, 0) is 6.42 Å². The van der Waals surface area contributed by atoms with Crippen molar-refractivity contribution < 1.29 is 22.2 Å². The van der Waals surface area contributed by atoms with Crippen molar-refractivity contribution in [3.63, 3.8) is 0 Å². The van der Waals surface area contributed by atoms with Crippen molar-refractivity contribution in [3.05, 3.63) is 144 Å². The average molecular weight is 522 g/mol. The molecule has 0 aliphatic heterocycles. The summed E-state index contributed by atoms with van der Waals surface area (Å²) in [5.74, 6) is 0. The number of hydrogen-bond acceptors (Lipinski definition) is 1. The molecule has 0 bridgehead atoms. The second-order valence-electron chi connectivity index (χ2n) is 9.84. The molecule has 0 saturated heterocycles. The summed E-state index contributed by atoms with van der Waals surface area (Å²) in [5.41, 5.74) is 4.46. The van der Waals surface area contributed by atoms with Gasteiger partial charge in [-0.25, -0.2) is 0 Å². The molecule has 0 fully saturated rings. The molecule has 0 spiro atoms. The largest absolute Gasteiger partial charge is 0.455 e. The number of hydrogen-bond donors (Lipinski definition) is 0. The second-order valence-corrected chi connectivity index (χ2v) is 9.84. The number of para-hydroxylation sites is 1. The second kappa shape index (κ2) is 8.18. The Bertz CT molecular complexity index is 2910. The Balaban J connectivity index is 1.63. The third-order valence-electron chi connectivity index (χ3n) is 7.79. The lowest BCUT2D eigenvalue weighted by Gasteiger charge is -2.19. The summed E-state index contributed by atoms with van der Waals surface area (Å²) in [5, 5.41) is 0.491. The van der Waals surface area contributed by atoms with Gasteiger partial charge in [0, 0.05) is 16.3 Å². The van der Waals surface area contributed by atoms with Crippen LogP contribution < -0.4 is 0 Å². The Morgan fingerprint density at radius 3 is 1.90 bits per heavy atom. The van der Waals surface area contributed by atoms with Crippen LogP contribution in [0.2, 0.25) is 0 Å². The van der Waals surface area contributed by atoms with E-state index < -0.39 is 84.1 Å². The molecular weight excluding hydrogens is 484 g/mol. The van der Waals surface area contributed by atoms with Crippen molar-refractivity contribution in [1.82, 2.24) is 0 Å². The number of fused-ring (bicyclic) bond motifs is 9. The SMILES string of the molecule is [2H]c1c([2H])c([2H])c(-c2c3c([2H])c([2H])c([2H])c([2H])c3c(-c3cc4c(c5oc6ccccc6c35)-c3ccccc3C4)c3c([2H])c([2H])c([2H])c([2H])c23)c([2H])c1[2H]. The van der Waals surface area contributed by atoms with Crippen molar-refractivity contribution in [2.45, 2.75) is 6.42 Å². The van der Waals surface area contributed by atoms with Crippen molar-refractivity contribution >= 4 is 43.5 Å². The van der Waals surface area contributed by atoms with Gasteiger partial charge in [-0.05, 0) is 79.0 Å². The quantitative estimate of drug-likeness (QED) is 0.206. The highest BCUT2D eigenvalue weighted by Crippen LogP contribution is 2.51. The summed E-state index contributed by atoms with van der Waals surface area (Å²) < 4.78 is 122. The highest BCUT2D eigenvalue weighted by molar-refractivity contribution is 6.27. The maximum Gasteiger partial charge on any atom is 0.144 e. The minimum absolute atomic E-state index is 0.0837. The van der Waals surface area contributed by atoms with Gasteiger partial charge in [0.1, 0.15) is 11.2 Å². The number of furan rings is 1. The van der Waals surface area contributed by atoms with Gasteiger partial charge in [-0.15, -0.1) is 0 Å². The monoisotopic (exact) mass is 521 g/mol. The Morgan fingerprint density at radius 1 is 0.525 bits per heavy atom. The van der Waals surface area contributed by atoms with Gasteiger partial charge in [-0.2, -0.15) is 0 Å². The summed E-state index contributed by atoms with van der Waals surface area (Å²) in [6.07, 6.45) is 0.498. The Morgan fingerprint density at radius 2 is 1.15 bits per heavy atom. The predicted octanol–water partition coefficient (Wildman–Crippen LogP) is 10.8. The Kier molecular flexibility index (Phi) is 2.62. The lowest BCUT2D eigenvalue weighted by atomic mass is 9.84. The summed E-state index contributed by atoms with van der Waals surface area (Å²) in [6, 6.07) is 8.81. The van der Waals surface area contributed by atoms with E-state index in [2.05, 4.69) is 0 Å². The van der Waals surface area contributed by atoms with E-state index in [0.717, 1.165) is 22.3 Å². The maximum atomic E-state index is 9.38. The molecular formula is C39H24O. The molecule has 1 aliphatic carbocycles. The lowest BCUT2D eigenvalue weighted by molar-refractivity contribution is 0.670. The van der Waals surface area contributed by atoms with Gasteiger partial charge in [-0.3, -0.25) is 0 Å². The van der Waals surface area contributed by atoms with Gasteiger partial charge in [0.15, 0.2) is 0 Å². The Labute approximate surface area is 250 Å². The first kappa shape index (κ1) is 12.8. The van der Waals surface area contributed by atoms with E-state index in [9.17, 15) is 5.48 Å². The van der Waals surface area contributed by atoms with Crippen LogP contribution in [0.15, 0.2) is 138 Å². The van der Waals surface area contributed by atoms with Gasteiger partial charge in [0.25, 0.3) is 0 Å². The summed E-state index contributed by atoms with van der Waals surface area (Å²) >= 11 is 0. The lowest BCUT2D eigenvalue weighted by Crippen LogP contribution is -1.93. The number of rotatable bonds is 2. The maximum absolute atomic E-state index is 9.38. The first-order valence-corrected chi connectivity index (χ1v) is 12.8. The average Bonchev–Trinajstić information content (AvgIpc) is 3.73. The van der Waals surface area contributed by atoms with Crippen LogP contribution in [0.1, 0.15) is 28.9 Å². The fourth-order valence-corrected chi connectivity index (χ4v) is 6.23. The van der Waals surface area contributed by atoms with E-state index in [-0.39, 0.29) is 32.7 Å². The molecule has 0 atom stereocenters. The molecule has 1 aliphatic rings. The number of benzene rings is 7. The summed E-state index contributed by atoms with van der Waals surface area (Å²) in [7, 11) is 0. The first-order valence-electron chi connectivity index (χ1n) is 19.3. The molecule has 0 amide bonds. The molecule has 0 saturated carbocycles. The van der Waals surface area contributed by atoms with Crippen molar-refractivity contribution in [3.8, 4) is 33.4 Å². The van der Waals surface area contributed by atoms with Crippen LogP contribution in [0.4, 0.5) is 0 Å². The van der Waals surface area contributed by atoms with Crippen LogP contribution in [0.3, 0.4) is 0 Å². The zero-order valence-electron chi connectivity index (χ0n) is 33.8. The van der Waals surface area contributed by atoms with Crippen LogP contribution in [0, 0.1) is 0 Å². The summed E-state index contributed by atoms with van der Waals surface area (Å²) in [4.78, 5) is 0. The topological polar surface area (TPSA) is 13.1 Å². The summed E-state index contributed by atoms with van der Waals surface area (Å²) in [6.45, 7) is 0. The van der Waals surface area contributed by atoms with Crippen molar-refractivity contribution in [1.29, 1.82) is 0 Å². The van der Waals surface area contributed by atoms with E-state index in [1.165, 1.54) is 0 Å². The molecule has 1 heteroatoms. The zero-order valence-corrected chi connectivity index (χ0v) is 20.8. The third-order valence-corrected chi connectivity index (χ3v) is 7.79. The third kappa shape index (κ3) is 2.92. The molecule has 1 aromatic heterocycles.